The van der Waals surface area contributed by atoms with Crippen molar-refractivity contribution in [3.63, 3.8) is 0 Å². The molecule has 140 valence electrons. The standard InChI is InChI=1S/C19H17BrFN3O2S/c1-2-24-17(25)11-16(18(26)22-14-7-3-12(20)4-8-14)27-19(24)23-15-9-5-13(21)6-10-15/h3-10,16H,2,11H2,1H3,(H,22,26)/t16-/m1/s1. The lowest BCUT2D eigenvalue weighted by atomic mass is 10.2. The van der Waals surface area contributed by atoms with Crippen LogP contribution in [-0.2, 0) is 9.59 Å². The maximum atomic E-state index is 13.1. The lowest BCUT2D eigenvalue weighted by Crippen LogP contribution is -2.45. The highest BCUT2D eigenvalue weighted by atomic mass is 79.9. The number of carbonyl (C=O) groups is 2. The first-order chi connectivity index (χ1) is 13.0. The minimum absolute atomic E-state index is 0.101. The van der Waals surface area contributed by atoms with Gasteiger partial charge in [-0.1, -0.05) is 27.7 Å². The van der Waals surface area contributed by atoms with Gasteiger partial charge in [-0.05, 0) is 55.5 Å². The number of amides is 2. The lowest BCUT2D eigenvalue weighted by molar-refractivity contribution is -0.129. The number of aliphatic imine (C=N–C) groups is 1. The fraction of sp³-hybridized carbons (Fsp3) is 0.211. The minimum atomic E-state index is -0.580. The van der Waals surface area contributed by atoms with E-state index < -0.39 is 5.25 Å². The van der Waals surface area contributed by atoms with Crippen LogP contribution >= 0.6 is 27.7 Å². The molecule has 2 amide bonds. The van der Waals surface area contributed by atoms with Gasteiger partial charge in [-0.3, -0.25) is 14.5 Å². The number of rotatable bonds is 4. The summed E-state index contributed by atoms with van der Waals surface area (Å²) in [6.07, 6.45) is 0.101. The van der Waals surface area contributed by atoms with Crippen molar-refractivity contribution in [1.29, 1.82) is 0 Å². The number of carbonyl (C=O) groups excluding carboxylic acids is 2. The molecule has 1 atom stereocenters. The second kappa shape index (κ2) is 8.67. The summed E-state index contributed by atoms with van der Waals surface area (Å²) in [5.41, 5.74) is 1.19. The molecule has 8 heteroatoms. The number of thioether (sulfide) groups is 1. The Morgan fingerprint density at radius 3 is 2.56 bits per heavy atom. The maximum Gasteiger partial charge on any atom is 0.238 e. The van der Waals surface area contributed by atoms with Crippen LogP contribution in [0.2, 0.25) is 0 Å². The average Bonchev–Trinajstić information content (AvgIpc) is 2.65. The Hall–Kier alpha value is -2.19. The Bertz CT molecular complexity index is 872. The van der Waals surface area contributed by atoms with E-state index in [1.165, 1.54) is 40.9 Å². The molecule has 1 N–H and O–H groups in total. The molecule has 1 aliphatic heterocycles. The number of amidine groups is 1. The van der Waals surface area contributed by atoms with Gasteiger partial charge in [0.05, 0.1) is 5.69 Å². The molecule has 0 bridgehead atoms. The van der Waals surface area contributed by atoms with Crippen molar-refractivity contribution >= 4 is 56.0 Å². The Morgan fingerprint density at radius 1 is 1.26 bits per heavy atom. The van der Waals surface area contributed by atoms with E-state index >= 15 is 0 Å². The number of hydrogen-bond donors (Lipinski definition) is 1. The van der Waals surface area contributed by atoms with Gasteiger partial charge in [0.15, 0.2) is 5.17 Å². The fourth-order valence-electron chi connectivity index (χ4n) is 2.53. The second-order valence-electron chi connectivity index (χ2n) is 5.82. The van der Waals surface area contributed by atoms with E-state index in [0.29, 0.717) is 23.1 Å². The van der Waals surface area contributed by atoms with Crippen LogP contribution in [-0.4, -0.2) is 33.7 Å². The summed E-state index contributed by atoms with van der Waals surface area (Å²) in [6.45, 7) is 2.30. The van der Waals surface area contributed by atoms with Gasteiger partial charge in [0.1, 0.15) is 11.1 Å². The summed E-state index contributed by atoms with van der Waals surface area (Å²) in [5, 5.41) is 2.69. The van der Waals surface area contributed by atoms with Crippen LogP contribution < -0.4 is 5.32 Å². The molecule has 1 fully saturated rings. The summed E-state index contributed by atoms with van der Waals surface area (Å²) < 4.78 is 14.0. The van der Waals surface area contributed by atoms with Crippen molar-refractivity contribution in [3.8, 4) is 0 Å². The first kappa shape index (κ1) is 19.6. The molecule has 1 heterocycles. The van der Waals surface area contributed by atoms with E-state index in [9.17, 15) is 14.0 Å². The summed E-state index contributed by atoms with van der Waals surface area (Å²) in [4.78, 5) is 31.1. The van der Waals surface area contributed by atoms with Crippen LogP contribution in [0.4, 0.5) is 15.8 Å². The molecule has 1 aliphatic rings. The molecular formula is C19H17BrFN3O2S. The summed E-state index contributed by atoms with van der Waals surface area (Å²) in [6, 6.07) is 12.9. The Kier molecular flexibility index (Phi) is 6.28. The molecule has 5 nitrogen and oxygen atoms in total. The molecular weight excluding hydrogens is 433 g/mol. The zero-order chi connectivity index (χ0) is 19.4. The molecule has 0 spiro atoms. The van der Waals surface area contributed by atoms with Crippen LogP contribution in [0.15, 0.2) is 58.0 Å². The van der Waals surface area contributed by atoms with Crippen LogP contribution in [0.5, 0.6) is 0 Å². The number of benzene rings is 2. The van der Waals surface area contributed by atoms with Crippen molar-refractivity contribution in [2.24, 2.45) is 4.99 Å². The van der Waals surface area contributed by atoms with E-state index in [2.05, 4.69) is 26.2 Å². The molecule has 3 rings (SSSR count). The predicted octanol–water partition coefficient (Wildman–Crippen LogP) is 4.57. The Labute approximate surface area is 169 Å². The molecule has 0 aromatic heterocycles. The highest BCUT2D eigenvalue weighted by Gasteiger charge is 2.35. The average molecular weight is 450 g/mol. The van der Waals surface area contributed by atoms with Gasteiger partial charge in [-0.25, -0.2) is 9.38 Å². The van der Waals surface area contributed by atoms with Crippen molar-refractivity contribution in [3.05, 3.63) is 58.8 Å². The molecule has 0 radical (unpaired) electrons. The number of hydrogen-bond acceptors (Lipinski definition) is 4. The zero-order valence-corrected chi connectivity index (χ0v) is 16.9. The van der Waals surface area contributed by atoms with Crippen LogP contribution in [0.3, 0.4) is 0 Å². The number of halogens is 2. The molecule has 0 unspecified atom stereocenters. The van der Waals surface area contributed by atoms with Crippen LogP contribution in [0.1, 0.15) is 13.3 Å². The van der Waals surface area contributed by atoms with Gasteiger partial charge in [-0.15, -0.1) is 0 Å². The van der Waals surface area contributed by atoms with Crippen molar-refractivity contribution in [1.82, 2.24) is 4.90 Å². The molecule has 27 heavy (non-hydrogen) atoms. The SMILES string of the molecule is CCN1C(=O)C[C@H](C(=O)Nc2ccc(Br)cc2)SC1=Nc1ccc(F)cc1. The number of anilines is 1. The summed E-state index contributed by atoms with van der Waals surface area (Å²) in [7, 11) is 0. The van der Waals surface area contributed by atoms with Gasteiger partial charge < -0.3 is 5.32 Å². The van der Waals surface area contributed by atoms with E-state index in [-0.39, 0.29) is 24.1 Å². The quantitative estimate of drug-likeness (QED) is 0.743. The van der Waals surface area contributed by atoms with Crippen LogP contribution in [0, 0.1) is 5.82 Å². The van der Waals surface area contributed by atoms with E-state index in [0.717, 1.165) is 4.47 Å². The number of nitrogens with zero attached hydrogens (tertiary/aromatic N) is 2. The van der Waals surface area contributed by atoms with Crippen molar-refractivity contribution < 1.29 is 14.0 Å². The van der Waals surface area contributed by atoms with E-state index in [4.69, 9.17) is 0 Å². The van der Waals surface area contributed by atoms with Gasteiger partial charge in [0.25, 0.3) is 0 Å². The lowest BCUT2D eigenvalue weighted by Gasteiger charge is -2.30. The second-order valence-corrected chi connectivity index (χ2v) is 7.90. The molecule has 1 saturated heterocycles. The Morgan fingerprint density at radius 2 is 1.93 bits per heavy atom. The highest BCUT2D eigenvalue weighted by Crippen LogP contribution is 2.30. The van der Waals surface area contributed by atoms with Crippen molar-refractivity contribution in [2.45, 2.75) is 18.6 Å². The Balaban J connectivity index is 1.79. The fourth-order valence-corrected chi connectivity index (χ4v) is 3.96. The largest absolute Gasteiger partial charge is 0.325 e. The molecule has 2 aromatic carbocycles. The van der Waals surface area contributed by atoms with E-state index in [1.807, 2.05) is 19.1 Å². The minimum Gasteiger partial charge on any atom is -0.325 e. The smallest absolute Gasteiger partial charge is 0.238 e. The third-order valence-electron chi connectivity index (χ3n) is 3.91. The summed E-state index contributed by atoms with van der Waals surface area (Å²) >= 11 is 4.59. The third kappa shape index (κ3) is 4.95. The highest BCUT2D eigenvalue weighted by molar-refractivity contribution is 9.10. The monoisotopic (exact) mass is 449 g/mol. The van der Waals surface area contributed by atoms with Gasteiger partial charge in [0, 0.05) is 23.1 Å². The van der Waals surface area contributed by atoms with Crippen molar-refractivity contribution in [2.75, 3.05) is 11.9 Å². The van der Waals surface area contributed by atoms with E-state index in [1.54, 1.807) is 12.1 Å². The topological polar surface area (TPSA) is 61.8 Å². The zero-order valence-electron chi connectivity index (χ0n) is 14.5. The third-order valence-corrected chi connectivity index (χ3v) is 5.63. The van der Waals surface area contributed by atoms with Gasteiger partial charge in [-0.2, -0.15) is 0 Å². The van der Waals surface area contributed by atoms with Gasteiger partial charge >= 0.3 is 0 Å². The summed E-state index contributed by atoms with van der Waals surface area (Å²) in [5.74, 6) is -0.767. The molecule has 0 aliphatic carbocycles. The maximum absolute atomic E-state index is 13.1. The first-order valence-corrected chi connectivity index (χ1v) is 10.0. The normalized spacial score (nSPS) is 18.6. The number of nitrogens with one attached hydrogen (secondary N) is 1. The van der Waals surface area contributed by atoms with Gasteiger partial charge in [0.2, 0.25) is 11.8 Å². The predicted molar refractivity (Wildman–Crippen MR) is 110 cm³/mol. The molecule has 2 aromatic rings. The van der Waals surface area contributed by atoms with Crippen LogP contribution in [0.25, 0.3) is 0 Å². The molecule has 0 saturated carbocycles. The first-order valence-electron chi connectivity index (χ1n) is 8.34.